The predicted molar refractivity (Wildman–Crippen MR) is 155 cm³/mol. The molecule has 8 heteroatoms. The first-order valence-electron chi connectivity index (χ1n) is 12.8. The van der Waals surface area contributed by atoms with Gasteiger partial charge in [0.25, 0.3) is 5.91 Å². The van der Waals surface area contributed by atoms with Gasteiger partial charge in [0.2, 0.25) is 5.75 Å². The number of H-pyrrole nitrogens is 1. The average Bonchev–Trinajstić information content (AvgIpc) is 3.27. The molecule has 0 atom stereocenters. The van der Waals surface area contributed by atoms with Crippen molar-refractivity contribution in [2.75, 3.05) is 54.0 Å². The number of nitrogens with one attached hydrogen (secondary N) is 1. The lowest BCUT2D eigenvalue weighted by atomic mass is 10.1. The molecule has 1 N–H and O–H groups in total. The van der Waals surface area contributed by atoms with Crippen LogP contribution in [-0.4, -0.2) is 64.9 Å². The van der Waals surface area contributed by atoms with Gasteiger partial charge in [-0.25, -0.2) is 0 Å². The van der Waals surface area contributed by atoms with Crippen molar-refractivity contribution in [3.8, 4) is 23.0 Å². The Bertz CT molecular complexity index is 1440. The summed E-state index contributed by atoms with van der Waals surface area (Å²) in [6.07, 6.45) is 0.669. The van der Waals surface area contributed by atoms with Crippen LogP contribution in [0.5, 0.6) is 23.0 Å². The second kappa shape index (κ2) is 12.0. The fraction of sp³-hybridized carbons (Fsp3) is 0.323. The van der Waals surface area contributed by atoms with Crippen molar-refractivity contribution in [2.45, 2.75) is 19.9 Å². The molecule has 206 valence electrons. The van der Waals surface area contributed by atoms with Gasteiger partial charge in [0.15, 0.2) is 11.5 Å². The van der Waals surface area contributed by atoms with E-state index in [1.54, 1.807) is 28.4 Å². The highest BCUT2D eigenvalue weighted by molar-refractivity contribution is 5.95. The van der Waals surface area contributed by atoms with E-state index in [2.05, 4.69) is 11.9 Å². The van der Waals surface area contributed by atoms with Crippen LogP contribution >= 0.6 is 0 Å². The molecule has 0 unspecified atom stereocenters. The molecule has 1 heterocycles. The number of aromatic nitrogens is 1. The number of carbonyl (C=O) groups is 1. The first-order valence-corrected chi connectivity index (χ1v) is 12.8. The Kier molecular flexibility index (Phi) is 8.54. The highest BCUT2D eigenvalue weighted by Crippen LogP contribution is 2.38. The van der Waals surface area contributed by atoms with Crippen molar-refractivity contribution in [1.29, 1.82) is 0 Å². The summed E-state index contributed by atoms with van der Waals surface area (Å²) in [5.41, 5.74) is 5.75. The topological polar surface area (TPSA) is 76.3 Å². The lowest BCUT2D eigenvalue weighted by molar-refractivity contribution is 0.0745. The van der Waals surface area contributed by atoms with Crippen LogP contribution in [0.4, 0.5) is 5.69 Å². The zero-order valence-corrected chi connectivity index (χ0v) is 23.8. The number of benzene rings is 3. The highest BCUT2D eigenvalue weighted by atomic mass is 16.5. The molecule has 0 aliphatic rings. The molecule has 0 spiro atoms. The summed E-state index contributed by atoms with van der Waals surface area (Å²) in [4.78, 5) is 21.3. The first kappa shape index (κ1) is 27.7. The molecular weight excluding hydrogens is 494 g/mol. The smallest absolute Gasteiger partial charge is 0.254 e. The standard InChI is InChI=1S/C31H37N3O5/c1-20-25(26-18-24(36-4)11-12-27(26)32-20)13-14-34(31(35)22-9-8-10-23(17-22)33(2)3)19-21-15-28(37-5)30(39-7)29(16-21)38-6/h8-12,15-18,32H,13-14,19H2,1-7H3. The van der Waals surface area contributed by atoms with Crippen molar-refractivity contribution < 1.29 is 23.7 Å². The quantitative estimate of drug-likeness (QED) is 0.277. The second-order valence-electron chi connectivity index (χ2n) is 9.60. The van der Waals surface area contributed by atoms with E-state index < -0.39 is 0 Å². The Labute approximate surface area is 230 Å². The number of hydrogen-bond acceptors (Lipinski definition) is 6. The summed E-state index contributed by atoms with van der Waals surface area (Å²) >= 11 is 0. The molecule has 0 saturated carbocycles. The Morgan fingerprint density at radius 1 is 0.872 bits per heavy atom. The van der Waals surface area contributed by atoms with Crippen LogP contribution in [0.25, 0.3) is 10.9 Å². The van der Waals surface area contributed by atoms with Crippen molar-refractivity contribution in [3.05, 3.63) is 77.0 Å². The van der Waals surface area contributed by atoms with Gasteiger partial charge in [0.1, 0.15) is 5.75 Å². The predicted octanol–water partition coefficient (Wildman–Crippen LogP) is 5.46. The average molecular weight is 532 g/mol. The largest absolute Gasteiger partial charge is 0.497 e. The van der Waals surface area contributed by atoms with Gasteiger partial charge in [-0.3, -0.25) is 4.79 Å². The Hall–Kier alpha value is -4.33. The number of ether oxygens (including phenoxy) is 4. The summed E-state index contributed by atoms with van der Waals surface area (Å²) < 4.78 is 22.1. The van der Waals surface area contributed by atoms with Crippen molar-refractivity contribution in [1.82, 2.24) is 9.88 Å². The minimum absolute atomic E-state index is 0.0532. The van der Waals surface area contributed by atoms with Crippen molar-refractivity contribution in [3.63, 3.8) is 0 Å². The van der Waals surface area contributed by atoms with Crippen LogP contribution in [-0.2, 0) is 13.0 Å². The fourth-order valence-electron chi connectivity index (χ4n) is 4.86. The molecule has 0 radical (unpaired) electrons. The fourth-order valence-corrected chi connectivity index (χ4v) is 4.86. The number of methoxy groups -OCH3 is 4. The van der Waals surface area contributed by atoms with E-state index in [0.717, 1.165) is 39.2 Å². The molecule has 0 aliphatic heterocycles. The number of carbonyl (C=O) groups excluding carboxylic acids is 1. The molecule has 4 aromatic rings. The van der Waals surface area contributed by atoms with E-state index in [4.69, 9.17) is 18.9 Å². The molecular formula is C31H37N3O5. The Morgan fingerprint density at radius 2 is 1.59 bits per heavy atom. The van der Waals surface area contributed by atoms with E-state index in [0.29, 0.717) is 42.3 Å². The number of rotatable bonds is 11. The normalized spacial score (nSPS) is 10.8. The highest BCUT2D eigenvalue weighted by Gasteiger charge is 2.21. The van der Waals surface area contributed by atoms with Gasteiger partial charge >= 0.3 is 0 Å². The molecule has 0 fully saturated rings. The van der Waals surface area contributed by atoms with E-state index in [1.165, 1.54) is 0 Å². The van der Waals surface area contributed by atoms with Crippen LogP contribution < -0.4 is 23.8 Å². The van der Waals surface area contributed by atoms with Gasteiger partial charge < -0.3 is 33.7 Å². The van der Waals surface area contributed by atoms with E-state index >= 15 is 0 Å². The van der Waals surface area contributed by atoms with Crippen LogP contribution in [0.3, 0.4) is 0 Å². The third-order valence-corrected chi connectivity index (χ3v) is 6.95. The Balaban J connectivity index is 1.71. The number of fused-ring (bicyclic) bond motifs is 1. The van der Waals surface area contributed by atoms with Crippen molar-refractivity contribution >= 4 is 22.5 Å². The lowest BCUT2D eigenvalue weighted by Crippen LogP contribution is -2.32. The van der Waals surface area contributed by atoms with Gasteiger partial charge in [-0.1, -0.05) is 6.07 Å². The first-order chi connectivity index (χ1) is 18.8. The van der Waals surface area contributed by atoms with E-state index in [-0.39, 0.29) is 5.91 Å². The number of amides is 1. The van der Waals surface area contributed by atoms with Crippen LogP contribution in [0, 0.1) is 6.92 Å². The van der Waals surface area contributed by atoms with Gasteiger partial charge in [0, 0.05) is 55.0 Å². The number of nitrogens with zero attached hydrogens (tertiary/aromatic N) is 2. The molecule has 4 rings (SSSR count). The van der Waals surface area contributed by atoms with Gasteiger partial charge in [-0.05, 0) is 73.0 Å². The number of hydrogen-bond donors (Lipinski definition) is 1. The molecule has 0 bridgehead atoms. The van der Waals surface area contributed by atoms with Crippen LogP contribution in [0.1, 0.15) is 27.2 Å². The minimum atomic E-state index is -0.0532. The summed E-state index contributed by atoms with van der Waals surface area (Å²) in [6.45, 7) is 2.94. The second-order valence-corrected chi connectivity index (χ2v) is 9.60. The number of aryl methyl sites for hydroxylation is 1. The molecule has 1 aromatic heterocycles. The van der Waals surface area contributed by atoms with E-state index in [9.17, 15) is 4.79 Å². The summed E-state index contributed by atoms with van der Waals surface area (Å²) in [6, 6.07) is 17.5. The number of anilines is 1. The zero-order chi connectivity index (χ0) is 28.1. The zero-order valence-electron chi connectivity index (χ0n) is 23.8. The van der Waals surface area contributed by atoms with Gasteiger partial charge in [-0.15, -0.1) is 0 Å². The molecule has 8 nitrogen and oxygen atoms in total. The molecule has 0 aliphatic carbocycles. The summed E-state index contributed by atoms with van der Waals surface area (Å²) in [7, 11) is 10.3. The van der Waals surface area contributed by atoms with Gasteiger partial charge in [0.05, 0.1) is 28.4 Å². The lowest BCUT2D eigenvalue weighted by Gasteiger charge is -2.25. The summed E-state index contributed by atoms with van der Waals surface area (Å²) in [5, 5.41) is 1.10. The summed E-state index contributed by atoms with van der Waals surface area (Å²) in [5.74, 6) is 2.36. The van der Waals surface area contributed by atoms with Crippen LogP contribution in [0.15, 0.2) is 54.6 Å². The van der Waals surface area contributed by atoms with Crippen LogP contribution in [0.2, 0.25) is 0 Å². The molecule has 0 saturated heterocycles. The third kappa shape index (κ3) is 5.90. The van der Waals surface area contributed by atoms with Crippen molar-refractivity contribution in [2.24, 2.45) is 0 Å². The van der Waals surface area contributed by atoms with E-state index in [1.807, 2.05) is 78.5 Å². The SMILES string of the molecule is COc1ccc2[nH]c(C)c(CCN(Cc3cc(OC)c(OC)c(OC)c3)C(=O)c3cccc(N(C)C)c3)c2c1. The third-order valence-electron chi connectivity index (χ3n) is 6.95. The maximum absolute atomic E-state index is 14.0. The number of aromatic amines is 1. The molecule has 39 heavy (non-hydrogen) atoms. The van der Waals surface area contributed by atoms with Gasteiger partial charge in [-0.2, -0.15) is 0 Å². The molecule has 3 aromatic carbocycles. The maximum Gasteiger partial charge on any atom is 0.254 e. The minimum Gasteiger partial charge on any atom is -0.497 e. The Morgan fingerprint density at radius 3 is 2.21 bits per heavy atom. The monoisotopic (exact) mass is 531 g/mol. The maximum atomic E-state index is 14.0. The molecule has 1 amide bonds.